The van der Waals surface area contributed by atoms with Gasteiger partial charge >= 0.3 is 0 Å². The molecule has 0 saturated heterocycles. The van der Waals surface area contributed by atoms with Gasteiger partial charge in [-0.3, -0.25) is 9.78 Å². The molecule has 0 aliphatic heterocycles. The molecule has 1 aromatic carbocycles. The minimum absolute atomic E-state index is 0.0894. The molecule has 0 fully saturated rings. The van der Waals surface area contributed by atoms with Gasteiger partial charge in [-0.05, 0) is 30.2 Å². The van der Waals surface area contributed by atoms with E-state index in [1.807, 2.05) is 50.2 Å². The SMILES string of the molecule is CC(C)c1ccc(Oc2ccccc2)[nH]c1=O. The average Bonchev–Trinajstić information content (AvgIpc) is 2.30. The van der Waals surface area contributed by atoms with Crippen molar-refractivity contribution in [1.29, 1.82) is 0 Å². The summed E-state index contributed by atoms with van der Waals surface area (Å²) < 4.78 is 5.54. The van der Waals surface area contributed by atoms with Crippen LogP contribution in [-0.2, 0) is 0 Å². The molecule has 3 heteroatoms. The first-order chi connectivity index (χ1) is 8.16. The molecule has 0 amide bonds. The molecule has 17 heavy (non-hydrogen) atoms. The second-order valence-electron chi connectivity index (χ2n) is 4.18. The van der Waals surface area contributed by atoms with Gasteiger partial charge in [-0.1, -0.05) is 32.0 Å². The maximum atomic E-state index is 11.7. The third-order valence-corrected chi connectivity index (χ3v) is 2.51. The van der Waals surface area contributed by atoms with Crippen molar-refractivity contribution in [2.45, 2.75) is 19.8 Å². The van der Waals surface area contributed by atoms with E-state index < -0.39 is 0 Å². The fourth-order valence-corrected chi connectivity index (χ4v) is 1.60. The molecule has 0 radical (unpaired) electrons. The Morgan fingerprint density at radius 3 is 2.35 bits per heavy atom. The predicted octanol–water partition coefficient (Wildman–Crippen LogP) is 3.29. The zero-order valence-electron chi connectivity index (χ0n) is 9.94. The van der Waals surface area contributed by atoms with Crippen LogP contribution in [-0.4, -0.2) is 4.98 Å². The lowest BCUT2D eigenvalue weighted by atomic mass is 10.1. The number of aromatic amines is 1. The minimum atomic E-state index is -0.0894. The number of aromatic nitrogens is 1. The van der Waals surface area contributed by atoms with Crippen LogP contribution in [0.3, 0.4) is 0 Å². The second-order valence-corrected chi connectivity index (χ2v) is 4.18. The molecule has 88 valence electrons. The van der Waals surface area contributed by atoms with Gasteiger partial charge in [0.15, 0.2) is 5.88 Å². The molecule has 0 saturated carbocycles. The van der Waals surface area contributed by atoms with Gasteiger partial charge in [0.1, 0.15) is 5.75 Å². The highest BCUT2D eigenvalue weighted by atomic mass is 16.5. The standard InChI is InChI=1S/C14H15NO2/c1-10(2)12-8-9-13(15-14(12)16)17-11-6-4-3-5-7-11/h3-10H,1-2H3,(H,15,16). The number of pyridine rings is 1. The molecular formula is C14H15NO2. The van der Waals surface area contributed by atoms with Crippen LogP contribution in [0.15, 0.2) is 47.3 Å². The molecule has 0 bridgehead atoms. The monoisotopic (exact) mass is 229 g/mol. The maximum Gasteiger partial charge on any atom is 0.254 e. The van der Waals surface area contributed by atoms with E-state index in [1.54, 1.807) is 6.07 Å². The van der Waals surface area contributed by atoms with Crippen LogP contribution in [0.5, 0.6) is 11.6 Å². The first-order valence-electron chi connectivity index (χ1n) is 5.63. The molecule has 1 heterocycles. The number of hydrogen-bond acceptors (Lipinski definition) is 2. The molecule has 1 N–H and O–H groups in total. The number of hydrogen-bond donors (Lipinski definition) is 1. The molecule has 0 aliphatic carbocycles. The highest BCUT2D eigenvalue weighted by Gasteiger charge is 2.05. The van der Waals surface area contributed by atoms with Gasteiger partial charge in [0, 0.05) is 5.56 Å². The largest absolute Gasteiger partial charge is 0.441 e. The van der Waals surface area contributed by atoms with Gasteiger partial charge in [0.25, 0.3) is 5.56 Å². The highest BCUT2D eigenvalue weighted by molar-refractivity contribution is 5.28. The van der Waals surface area contributed by atoms with E-state index in [1.165, 1.54) is 0 Å². The van der Waals surface area contributed by atoms with Crippen molar-refractivity contribution in [2.24, 2.45) is 0 Å². The average molecular weight is 229 g/mol. The van der Waals surface area contributed by atoms with Gasteiger partial charge in [-0.2, -0.15) is 0 Å². The molecule has 0 spiro atoms. The Labute approximate surface area is 100 Å². The summed E-state index contributed by atoms with van der Waals surface area (Å²) in [6, 6.07) is 13.0. The third kappa shape index (κ3) is 2.75. The van der Waals surface area contributed by atoms with Crippen LogP contribution in [0.4, 0.5) is 0 Å². The topological polar surface area (TPSA) is 42.1 Å². The molecule has 2 rings (SSSR count). The third-order valence-electron chi connectivity index (χ3n) is 2.51. The van der Waals surface area contributed by atoms with Crippen molar-refractivity contribution in [3.8, 4) is 11.6 Å². The zero-order chi connectivity index (χ0) is 12.3. The quantitative estimate of drug-likeness (QED) is 0.877. The number of rotatable bonds is 3. The molecule has 3 nitrogen and oxygen atoms in total. The molecule has 2 aromatic rings. The lowest BCUT2D eigenvalue weighted by Gasteiger charge is -2.07. The Hall–Kier alpha value is -2.03. The number of benzene rings is 1. The Morgan fingerprint density at radius 2 is 1.76 bits per heavy atom. The summed E-state index contributed by atoms with van der Waals surface area (Å²) in [4.78, 5) is 14.5. The van der Waals surface area contributed by atoms with Gasteiger partial charge in [-0.15, -0.1) is 0 Å². The molecule has 0 atom stereocenters. The summed E-state index contributed by atoms with van der Waals surface area (Å²) in [6.07, 6.45) is 0. The predicted molar refractivity (Wildman–Crippen MR) is 67.7 cm³/mol. The Kier molecular flexibility index (Phi) is 3.28. The summed E-state index contributed by atoms with van der Waals surface area (Å²) in [6.45, 7) is 3.98. The van der Waals surface area contributed by atoms with E-state index in [2.05, 4.69) is 4.98 Å². The van der Waals surface area contributed by atoms with Crippen LogP contribution in [0.2, 0.25) is 0 Å². The van der Waals surface area contributed by atoms with Gasteiger partial charge in [0.05, 0.1) is 0 Å². The zero-order valence-corrected chi connectivity index (χ0v) is 9.94. The van der Waals surface area contributed by atoms with E-state index in [4.69, 9.17) is 4.74 Å². The van der Waals surface area contributed by atoms with Crippen molar-refractivity contribution < 1.29 is 4.74 Å². The summed E-state index contributed by atoms with van der Waals surface area (Å²) in [5.74, 6) is 1.38. The smallest absolute Gasteiger partial charge is 0.254 e. The van der Waals surface area contributed by atoms with Crippen LogP contribution < -0.4 is 10.3 Å². The lowest BCUT2D eigenvalue weighted by Crippen LogP contribution is -2.13. The van der Waals surface area contributed by atoms with E-state index in [9.17, 15) is 4.79 Å². The van der Waals surface area contributed by atoms with Gasteiger partial charge in [0.2, 0.25) is 0 Å². The van der Waals surface area contributed by atoms with E-state index >= 15 is 0 Å². The Bertz CT molecular complexity index is 544. The summed E-state index contributed by atoms with van der Waals surface area (Å²) in [5, 5.41) is 0. The lowest BCUT2D eigenvalue weighted by molar-refractivity contribution is 0.460. The minimum Gasteiger partial charge on any atom is -0.441 e. The van der Waals surface area contributed by atoms with Crippen LogP contribution >= 0.6 is 0 Å². The normalized spacial score (nSPS) is 10.5. The summed E-state index contributed by atoms with van der Waals surface area (Å²) in [5.41, 5.74) is 0.679. The van der Waals surface area contributed by atoms with Crippen LogP contribution in [0, 0.1) is 0 Å². The number of nitrogens with one attached hydrogen (secondary N) is 1. The molecule has 1 aromatic heterocycles. The summed E-state index contributed by atoms with van der Waals surface area (Å²) >= 11 is 0. The van der Waals surface area contributed by atoms with Crippen LogP contribution in [0.25, 0.3) is 0 Å². The number of H-pyrrole nitrogens is 1. The Morgan fingerprint density at radius 1 is 1.06 bits per heavy atom. The molecule has 0 unspecified atom stereocenters. The molecule has 0 aliphatic rings. The second kappa shape index (κ2) is 4.87. The number of para-hydroxylation sites is 1. The summed E-state index contributed by atoms with van der Waals surface area (Å²) in [7, 11) is 0. The van der Waals surface area contributed by atoms with Gasteiger partial charge < -0.3 is 4.74 Å². The molecular weight excluding hydrogens is 214 g/mol. The van der Waals surface area contributed by atoms with E-state index in [0.29, 0.717) is 11.6 Å². The van der Waals surface area contributed by atoms with Crippen molar-refractivity contribution in [3.63, 3.8) is 0 Å². The van der Waals surface area contributed by atoms with E-state index in [0.717, 1.165) is 5.56 Å². The number of ether oxygens (including phenoxy) is 1. The van der Waals surface area contributed by atoms with Crippen molar-refractivity contribution in [1.82, 2.24) is 4.98 Å². The first kappa shape index (κ1) is 11.5. The van der Waals surface area contributed by atoms with Crippen molar-refractivity contribution in [2.75, 3.05) is 0 Å². The first-order valence-corrected chi connectivity index (χ1v) is 5.63. The van der Waals surface area contributed by atoms with Crippen molar-refractivity contribution in [3.05, 3.63) is 58.4 Å². The van der Waals surface area contributed by atoms with Gasteiger partial charge in [-0.25, -0.2) is 0 Å². The van der Waals surface area contributed by atoms with E-state index in [-0.39, 0.29) is 11.5 Å². The van der Waals surface area contributed by atoms with Crippen LogP contribution in [0.1, 0.15) is 25.3 Å². The highest BCUT2D eigenvalue weighted by Crippen LogP contribution is 2.18. The van der Waals surface area contributed by atoms with Crippen molar-refractivity contribution >= 4 is 0 Å². The fourth-order valence-electron chi connectivity index (χ4n) is 1.60. The maximum absolute atomic E-state index is 11.7. The Balaban J connectivity index is 2.24. The fraction of sp³-hybridized carbons (Fsp3) is 0.214.